The molecular weight excluding hydrogens is 1030 g/mol. The van der Waals surface area contributed by atoms with E-state index in [9.17, 15) is 9.59 Å². The van der Waals surface area contributed by atoms with Gasteiger partial charge in [0.25, 0.3) is 0 Å². The highest BCUT2D eigenvalue weighted by molar-refractivity contribution is 6.05. The fourth-order valence-corrected chi connectivity index (χ4v) is 10.2. The molecule has 15 nitrogen and oxygen atoms in total. The Morgan fingerprint density at radius 2 is 0.593 bits per heavy atom. The number of rotatable bonds is 26. The Bertz CT molecular complexity index is 3040. The first-order chi connectivity index (χ1) is 39.5. The summed E-state index contributed by atoms with van der Waals surface area (Å²) >= 11 is 0. The van der Waals surface area contributed by atoms with Gasteiger partial charge in [0.2, 0.25) is 11.5 Å². The van der Waals surface area contributed by atoms with Crippen molar-refractivity contribution in [1.29, 1.82) is 0 Å². The van der Waals surface area contributed by atoms with Gasteiger partial charge in [-0.25, -0.2) is 9.59 Å². The van der Waals surface area contributed by atoms with Crippen LogP contribution in [0.25, 0.3) is 0 Å². The minimum Gasteiger partial charge on any atom is -0.497 e. The minimum absolute atomic E-state index is 0.0123. The molecule has 0 N–H and O–H groups in total. The molecule has 0 aliphatic rings. The van der Waals surface area contributed by atoms with E-state index in [2.05, 4.69) is 0 Å². The normalized spacial score (nSPS) is 11.2. The molecule has 0 unspecified atom stereocenters. The van der Waals surface area contributed by atoms with Crippen molar-refractivity contribution < 1.29 is 71.2 Å². The Hall–Kier alpha value is -9.18. The van der Waals surface area contributed by atoms with Crippen molar-refractivity contribution in [3.8, 4) is 57.5 Å². The van der Waals surface area contributed by atoms with Gasteiger partial charge in [-0.15, -0.1) is 0 Å². The van der Waals surface area contributed by atoms with Crippen LogP contribution in [0.1, 0.15) is 65.2 Å². The zero-order chi connectivity index (χ0) is 57.5. The molecule has 0 radical (unpaired) electrons. The molecule has 0 aliphatic carbocycles. The molecule has 0 heterocycles. The van der Waals surface area contributed by atoms with E-state index in [0.717, 1.165) is 33.4 Å². The van der Waals surface area contributed by atoms with Crippen molar-refractivity contribution in [3.63, 3.8) is 0 Å². The van der Waals surface area contributed by atoms with Crippen LogP contribution in [0.2, 0.25) is 0 Å². The summed E-state index contributed by atoms with van der Waals surface area (Å²) in [6.45, 7) is -0.0247. The Labute approximate surface area is 472 Å². The first kappa shape index (κ1) is 58.0. The number of hydrogen-bond donors (Lipinski definition) is 0. The van der Waals surface area contributed by atoms with Gasteiger partial charge >= 0.3 is 11.9 Å². The summed E-state index contributed by atoms with van der Waals surface area (Å²) < 4.78 is 77.8. The van der Waals surface area contributed by atoms with Crippen molar-refractivity contribution >= 4 is 11.9 Å². The maximum Gasteiger partial charge on any atom is 0.346 e. The third-order valence-electron chi connectivity index (χ3n) is 14.2. The van der Waals surface area contributed by atoms with Gasteiger partial charge in [0, 0.05) is 24.0 Å². The first-order valence-electron chi connectivity index (χ1n) is 25.9. The maximum atomic E-state index is 15.0. The third kappa shape index (κ3) is 11.8. The molecule has 8 rings (SSSR count). The van der Waals surface area contributed by atoms with Crippen LogP contribution in [0.3, 0.4) is 0 Å². The van der Waals surface area contributed by atoms with Crippen molar-refractivity contribution in [2.75, 3.05) is 84.3 Å². The Balaban J connectivity index is 1.18. The lowest BCUT2D eigenvalue weighted by molar-refractivity contribution is 0.0143. The number of benzene rings is 8. The molecule has 420 valence electrons. The Morgan fingerprint density at radius 1 is 0.321 bits per heavy atom. The second-order valence-corrected chi connectivity index (χ2v) is 18.2. The second kappa shape index (κ2) is 26.6. The summed E-state index contributed by atoms with van der Waals surface area (Å²) in [5.74, 6) is 1.65. The predicted molar refractivity (Wildman–Crippen MR) is 306 cm³/mol. The predicted octanol–water partition coefficient (Wildman–Crippen LogP) is 11.9. The molecule has 8 aromatic rings. The third-order valence-corrected chi connectivity index (χ3v) is 14.2. The fraction of sp³-hybridized carbons (Fsp3) is 0.242. The topological polar surface area (TPSA) is 154 Å². The second-order valence-electron chi connectivity index (χ2n) is 18.2. The number of hydrogen-bond acceptors (Lipinski definition) is 15. The van der Waals surface area contributed by atoms with Crippen molar-refractivity contribution in [1.82, 2.24) is 0 Å². The van der Waals surface area contributed by atoms with Crippen molar-refractivity contribution in [3.05, 3.63) is 225 Å². The van der Waals surface area contributed by atoms with Crippen LogP contribution in [-0.2, 0) is 38.3 Å². The molecule has 0 saturated carbocycles. The standard InChI is InChI=1S/C66H66O15/c1-69-49-29-21-45(22-30-49)65(43-17-13-11-14-18-43,46-23-31-50(70-2)32-24-46)79-39-37-53-55(41-57(73-5)61(77-9)59(53)75-7)63(67)81-64(68)56-42-58(74-6)62(78-10)60(76-8)54(56)38-40-80-66(44-19-15-12-16-20-44,47-25-33-51(71-3)34-26-47)48-27-35-52(72-4)36-28-48/h11-36,41-42H,37-40H2,1-10H3. The van der Waals surface area contributed by atoms with Crippen LogP contribution in [0.5, 0.6) is 57.5 Å². The molecular formula is C66H66O15. The molecule has 0 atom stereocenters. The molecule has 0 amide bonds. The molecule has 0 saturated heterocycles. The highest BCUT2D eigenvalue weighted by atomic mass is 16.6. The zero-order valence-electron chi connectivity index (χ0n) is 47.1. The Morgan fingerprint density at radius 3 is 0.840 bits per heavy atom. The average molecular weight is 1100 g/mol. The lowest BCUT2D eigenvalue weighted by Gasteiger charge is -2.36. The number of methoxy groups -OCH3 is 10. The van der Waals surface area contributed by atoms with E-state index in [1.54, 1.807) is 28.4 Å². The summed E-state index contributed by atoms with van der Waals surface area (Å²) in [4.78, 5) is 30.0. The van der Waals surface area contributed by atoms with Gasteiger partial charge in [0.05, 0.1) is 95.4 Å². The fourth-order valence-electron chi connectivity index (χ4n) is 10.2. The van der Waals surface area contributed by atoms with E-state index >= 15 is 0 Å². The van der Waals surface area contributed by atoms with Gasteiger partial charge in [0.1, 0.15) is 34.2 Å². The minimum atomic E-state index is -1.21. The summed E-state index contributed by atoms with van der Waals surface area (Å²) in [7, 11) is 15.1. The van der Waals surface area contributed by atoms with E-state index in [4.69, 9.17) is 61.6 Å². The quantitative estimate of drug-likeness (QED) is 0.0287. The van der Waals surface area contributed by atoms with E-state index in [1.807, 2.05) is 158 Å². The lowest BCUT2D eigenvalue weighted by atomic mass is 9.80. The number of ether oxygens (including phenoxy) is 13. The summed E-state index contributed by atoms with van der Waals surface area (Å²) in [5.41, 5.74) is 2.92. The zero-order valence-corrected chi connectivity index (χ0v) is 47.1. The molecule has 0 aliphatic heterocycles. The van der Waals surface area contributed by atoms with Crippen LogP contribution >= 0.6 is 0 Å². The molecule has 8 aromatic carbocycles. The van der Waals surface area contributed by atoms with Crippen LogP contribution < -0.4 is 47.4 Å². The number of carbonyl (C=O) groups excluding carboxylic acids is 2. The molecule has 15 heteroatoms. The molecule has 0 fully saturated rings. The van der Waals surface area contributed by atoms with Crippen molar-refractivity contribution in [2.45, 2.75) is 24.0 Å². The summed E-state index contributed by atoms with van der Waals surface area (Å²) in [6, 6.07) is 53.1. The van der Waals surface area contributed by atoms with Crippen LogP contribution in [0, 0.1) is 0 Å². The van der Waals surface area contributed by atoms with Gasteiger partial charge < -0.3 is 61.6 Å². The van der Waals surface area contributed by atoms with Crippen LogP contribution in [-0.4, -0.2) is 96.3 Å². The van der Waals surface area contributed by atoms with Gasteiger partial charge in [-0.3, -0.25) is 0 Å². The number of carbonyl (C=O) groups is 2. The lowest BCUT2D eigenvalue weighted by Crippen LogP contribution is -2.34. The van der Waals surface area contributed by atoms with E-state index in [-0.39, 0.29) is 71.7 Å². The smallest absolute Gasteiger partial charge is 0.346 e. The van der Waals surface area contributed by atoms with Gasteiger partial charge in [0.15, 0.2) is 23.0 Å². The molecule has 0 bridgehead atoms. The van der Waals surface area contributed by atoms with Crippen LogP contribution in [0.4, 0.5) is 0 Å². The van der Waals surface area contributed by atoms with E-state index in [0.29, 0.717) is 34.1 Å². The molecule has 0 aromatic heterocycles. The maximum absolute atomic E-state index is 15.0. The van der Waals surface area contributed by atoms with Crippen molar-refractivity contribution in [2.24, 2.45) is 0 Å². The highest BCUT2D eigenvalue weighted by Gasteiger charge is 2.40. The monoisotopic (exact) mass is 1100 g/mol. The number of esters is 2. The van der Waals surface area contributed by atoms with Gasteiger partial charge in [-0.1, -0.05) is 109 Å². The SMILES string of the molecule is COc1ccc(C(OCCc2c(C(=O)OC(=O)c3cc(OC)c(OC)c(OC)c3CCOC(c3ccccc3)(c3ccc(OC)cc3)c3ccc(OC)cc3)cc(OC)c(OC)c2OC)(c2ccccc2)c2ccc(OC)cc2)cc1. The first-order valence-corrected chi connectivity index (χ1v) is 25.9. The van der Waals surface area contributed by atoms with Gasteiger partial charge in [-0.05, 0) is 94.0 Å². The van der Waals surface area contributed by atoms with E-state index < -0.39 is 23.1 Å². The summed E-state index contributed by atoms with van der Waals surface area (Å²) in [6.07, 6.45) is 0.0861. The average Bonchev–Trinajstić information content (AvgIpc) is 3.57. The molecule has 0 spiro atoms. The largest absolute Gasteiger partial charge is 0.497 e. The Kier molecular flexibility index (Phi) is 19.1. The highest BCUT2D eigenvalue weighted by Crippen LogP contribution is 2.48. The van der Waals surface area contributed by atoms with Crippen LogP contribution in [0.15, 0.2) is 170 Å². The van der Waals surface area contributed by atoms with E-state index in [1.165, 1.54) is 54.8 Å². The molecule has 81 heavy (non-hydrogen) atoms. The summed E-state index contributed by atoms with van der Waals surface area (Å²) in [5, 5.41) is 0. The van der Waals surface area contributed by atoms with Gasteiger partial charge in [-0.2, -0.15) is 0 Å².